The minimum absolute atomic E-state index is 3.13. The predicted molar refractivity (Wildman–Crippen MR) is 6.94 cm³/mol. The average molecular weight is 163 g/mol. The molecule has 0 heterocycles. The molecule has 0 aliphatic carbocycles. The van der Waals surface area contributed by atoms with Gasteiger partial charge in [-0.05, 0) is 0 Å². The van der Waals surface area contributed by atoms with Crippen molar-refractivity contribution in [2.45, 2.75) is 0 Å². The van der Waals surface area contributed by atoms with Gasteiger partial charge in [0.05, 0.1) is 0 Å². The van der Waals surface area contributed by atoms with E-state index in [0.29, 0.717) is 0 Å². The van der Waals surface area contributed by atoms with Crippen molar-refractivity contribution in [3.63, 3.8) is 0 Å². The lowest BCUT2D eigenvalue weighted by molar-refractivity contribution is -1.62. The Balaban J connectivity index is 2.54. The molecule has 0 saturated carbocycles. The highest BCUT2D eigenvalue weighted by molar-refractivity contribution is 6.06. The summed E-state index contributed by atoms with van der Waals surface area (Å²) >= 11 is 1.13. The minimum atomic E-state index is -3.13. The maximum absolute atomic E-state index is 9.09. The summed E-state index contributed by atoms with van der Waals surface area (Å²) in [6.45, 7) is 0. The van der Waals surface area contributed by atoms with E-state index in [1.54, 1.807) is 0 Å². The second kappa shape index (κ2) is 2.87. The summed E-state index contributed by atoms with van der Waals surface area (Å²) in [6, 6.07) is 0. The highest BCUT2D eigenvalue weighted by atomic mass is 80.0. The second-order valence-electron chi connectivity index (χ2n) is 0.247. The minimum Gasteiger partial charge on any atom is -0.371 e. The van der Waals surface area contributed by atoms with Gasteiger partial charge < -0.3 is 8.40 Å². The third-order valence-corrected chi connectivity index (χ3v) is 0.742. The monoisotopic (exact) mass is 162 g/mol. The molecule has 0 spiro atoms. The van der Waals surface area contributed by atoms with Crippen LogP contribution in [0.4, 0.5) is 0 Å². The molecule has 3 nitrogen and oxygen atoms in total. The molecule has 0 unspecified atom stereocenters. The van der Waals surface area contributed by atoms with Gasteiger partial charge in [-0.3, -0.25) is 0 Å². The van der Waals surface area contributed by atoms with Gasteiger partial charge >= 0.3 is 14.8 Å². The summed E-state index contributed by atoms with van der Waals surface area (Å²) in [7, 11) is 0. The molecular formula is BrClO3. The van der Waals surface area contributed by atoms with Gasteiger partial charge in [-0.1, -0.05) is 0 Å². The molecule has 0 atom stereocenters. The van der Waals surface area contributed by atoms with Crippen molar-refractivity contribution in [1.29, 1.82) is 0 Å². The maximum atomic E-state index is 9.09. The van der Waals surface area contributed by atoms with Gasteiger partial charge in [-0.2, -0.15) is 0 Å². The topological polar surface area (TPSA) is 55.3 Å². The summed E-state index contributed by atoms with van der Waals surface area (Å²) in [4.78, 5) is 0. The Kier molecular flexibility index (Phi) is 3.24. The fourth-order valence-corrected chi connectivity index (χ4v) is 0. The highest BCUT2D eigenvalue weighted by Crippen LogP contribution is 1.77. The first-order chi connectivity index (χ1) is 2.27. The Morgan fingerprint density at radius 2 is 1.80 bits per heavy atom. The van der Waals surface area contributed by atoms with E-state index in [4.69, 9.17) is 8.40 Å². The van der Waals surface area contributed by atoms with E-state index in [2.05, 4.69) is 15.2 Å². The number of halogens is 2. The third kappa shape index (κ3) is 4.65. The molecule has 0 saturated heterocycles. The quantitative estimate of drug-likeness (QED) is 0.460. The van der Waals surface area contributed by atoms with Crippen LogP contribution in [0.2, 0.25) is 0 Å². The molecule has 0 bridgehead atoms. The average Bonchev–Trinajstić information content (AvgIpc) is 1.38. The molecule has 0 N–H and O–H groups in total. The maximum Gasteiger partial charge on any atom is 0.463 e. The van der Waals surface area contributed by atoms with Crippen LogP contribution >= 0.6 is 11.9 Å². The van der Waals surface area contributed by atoms with Gasteiger partial charge in [0, 0.05) is 0 Å². The predicted octanol–water partition coefficient (Wildman–Crippen LogP) is -1.76. The Morgan fingerprint density at radius 3 is 1.80 bits per heavy atom. The molecule has 0 aromatic heterocycles. The van der Waals surface area contributed by atoms with Crippen molar-refractivity contribution in [3.8, 4) is 0 Å². The largest absolute Gasteiger partial charge is 0.463 e. The first kappa shape index (κ1) is 5.65. The molecular weight excluding hydrogens is 163 g/mol. The van der Waals surface area contributed by atoms with Crippen molar-refractivity contribution in [1.82, 2.24) is 0 Å². The molecule has 0 aliphatic heterocycles. The van der Waals surface area contributed by atoms with E-state index >= 15 is 0 Å². The fourth-order valence-electron chi connectivity index (χ4n) is 0. The Bertz CT molecular complexity index is 20.9. The molecule has 0 radical (unpaired) electrons. The lowest BCUT2D eigenvalue weighted by Crippen LogP contribution is -2.31. The first-order valence-electron chi connectivity index (χ1n) is 0.617. The molecule has 0 aromatic carbocycles. The van der Waals surface area contributed by atoms with Crippen molar-refractivity contribution in [2.75, 3.05) is 0 Å². The standard InChI is InChI=1S/BrClO3/c2-5-1(3)4. The summed E-state index contributed by atoms with van der Waals surface area (Å²) in [6.07, 6.45) is 0. The first-order valence-corrected chi connectivity index (χ1v) is 2.87. The van der Waals surface area contributed by atoms with E-state index in [1.807, 2.05) is 0 Å². The van der Waals surface area contributed by atoms with Crippen LogP contribution in [0.15, 0.2) is 0 Å². The molecule has 0 amide bonds. The third-order valence-electron chi connectivity index (χ3n) is 0.0476. The van der Waals surface area contributed by atoms with E-state index in [1.165, 1.54) is 0 Å². The lowest BCUT2D eigenvalue weighted by atomic mass is 15.9. The van der Waals surface area contributed by atoms with Gasteiger partial charge in [0.2, 0.25) is 0 Å². The number of hydrogen-bond donors (Lipinski definition) is 0. The van der Waals surface area contributed by atoms with Crippen LogP contribution in [0.3, 0.4) is 0 Å². The van der Waals surface area contributed by atoms with Gasteiger partial charge in [0.25, 0.3) is 0 Å². The van der Waals surface area contributed by atoms with Crippen molar-refractivity contribution in [2.24, 2.45) is 0 Å². The van der Waals surface area contributed by atoms with E-state index in [-0.39, 0.29) is 0 Å². The molecule has 5 heavy (non-hydrogen) atoms. The fraction of sp³-hybridized carbons (Fsp3) is 0. The van der Waals surface area contributed by atoms with Gasteiger partial charge in [-0.15, -0.1) is 0 Å². The van der Waals surface area contributed by atoms with E-state index in [9.17, 15) is 0 Å². The van der Waals surface area contributed by atoms with Crippen LogP contribution in [-0.4, -0.2) is 0 Å². The van der Waals surface area contributed by atoms with Gasteiger partial charge in [-0.25, -0.2) is 0 Å². The molecule has 0 aromatic rings. The van der Waals surface area contributed by atoms with Gasteiger partial charge in [0.1, 0.15) is 3.38 Å². The van der Waals surface area contributed by atoms with Crippen LogP contribution in [0.5, 0.6) is 0 Å². The van der Waals surface area contributed by atoms with Crippen molar-refractivity contribution >= 4 is 11.9 Å². The SMILES string of the molecule is [O-][Br+2]([O-])OCl. The molecule has 0 fully saturated rings. The smallest absolute Gasteiger partial charge is 0.371 e. The van der Waals surface area contributed by atoms with Crippen LogP contribution in [0.25, 0.3) is 0 Å². The lowest BCUT2D eigenvalue weighted by Gasteiger charge is -1.74. The normalized spacial score (nSPS) is 9.60. The Morgan fingerprint density at radius 1 is 1.60 bits per heavy atom. The number of rotatable bonds is 1. The van der Waals surface area contributed by atoms with E-state index in [0.717, 1.165) is 0 Å². The van der Waals surface area contributed by atoms with Crippen molar-refractivity contribution < 1.29 is 26.6 Å². The summed E-state index contributed by atoms with van der Waals surface area (Å²) in [5.41, 5.74) is 0. The summed E-state index contributed by atoms with van der Waals surface area (Å²) < 4.78 is 21.4. The van der Waals surface area contributed by atoms with Crippen LogP contribution in [0, 0.1) is 14.8 Å². The zero-order chi connectivity index (χ0) is 4.28. The molecule has 32 valence electrons. The molecule has 5 heteroatoms. The molecule has 0 aliphatic rings. The van der Waals surface area contributed by atoms with Crippen LogP contribution in [-0.2, 0) is 3.38 Å². The van der Waals surface area contributed by atoms with Crippen LogP contribution < -0.4 is 8.40 Å². The zero-order valence-electron chi connectivity index (χ0n) is 1.98. The van der Waals surface area contributed by atoms with Crippen molar-refractivity contribution in [3.05, 3.63) is 0 Å². The molecule has 0 rings (SSSR count). The Labute approximate surface area is 39.1 Å². The summed E-state index contributed by atoms with van der Waals surface area (Å²) in [5.74, 6) is 0. The number of hydrogen-bond acceptors (Lipinski definition) is 3. The van der Waals surface area contributed by atoms with Crippen LogP contribution in [0.1, 0.15) is 0 Å². The summed E-state index contributed by atoms with van der Waals surface area (Å²) in [5, 5.41) is 0. The van der Waals surface area contributed by atoms with E-state index < -0.39 is 14.8 Å². The highest BCUT2D eigenvalue weighted by Gasteiger charge is 2.02. The second-order valence-corrected chi connectivity index (χ2v) is 1.89. The van der Waals surface area contributed by atoms with Gasteiger partial charge in [0.15, 0.2) is 11.9 Å². The zero-order valence-corrected chi connectivity index (χ0v) is 4.32. The Hall–Kier alpha value is 0.650.